The van der Waals surface area contributed by atoms with E-state index in [1.165, 1.54) is 22.5 Å². The van der Waals surface area contributed by atoms with Crippen molar-refractivity contribution in [1.29, 1.82) is 0 Å². The van der Waals surface area contributed by atoms with Crippen LogP contribution in [0.25, 0.3) is 10.6 Å². The van der Waals surface area contributed by atoms with Gasteiger partial charge in [0.15, 0.2) is 0 Å². The third-order valence-electron chi connectivity index (χ3n) is 2.74. The first-order valence-corrected chi connectivity index (χ1v) is 7.27. The summed E-state index contributed by atoms with van der Waals surface area (Å²) < 4.78 is 0. The lowest BCUT2D eigenvalue weighted by Gasteiger charge is -2.01. The third kappa shape index (κ3) is 5.08. The Kier molecular flexibility index (Phi) is 6.74. The number of hydrogen-bond donors (Lipinski definition) is 2. The molecule has 2 rings (SSSR count). The molecule has 0 saturated heterocycles. The van der Waals surface area contributed by atoms with Crippen LogP contribution in [0.1, 0.15) is 17.5 Å². The van der Waals surface area contributed by atoms with Crippen molar-refractivity contribution in [1.82, 2.24) is 15.5 Å². The van der Waals surface area contributed by atoms with Crippen molar-refractivity contribution in [2.75, 3.05) is 18.9 Å². The number of aromatic nitrogens is 2. The normalized spacial score (nSPS) is 10.0. The maximum Gasteiger partial charge on any atom is 0.227 e. The zero-order valence-electron chi connectivity index (χ0n) is 12.3. The maximum absolute atomic E-state index is 11.6. The molecule has 1 aromatic heterocycles. The Bertz CT molecular complexity index is 595. The molecule has 21 heavy (non-hydrogen) atoms. The number of rotatable bonds is 5. The topological polar surface area (TPSA) is 66.9 Å². The number of halogens is 1. The van der Waals surface area contributed by atoms with Crippen molar-refractivity contribution in [3.05, 3.63) is 29.3 Å². The van der Waals surface area contributed by atoms with Gasteiger partial charge in [-0.15, -0.1) is 22.6 Å². The van der Waals surface area contributed by atoms with E-state index in [9.17, 15) is 4.79 Å². The van der Waals surface area contributed by atoms with E-state index in [1.54, 1.807) is 0 Å². The van der Waals surface area contributed by atoms with Crippen LogP contribution in [-0.4, -0.2) is 29.7 Å². The van der Waals surface area contributed by atoms with E-state index in [-0.39, 0.29) is 18.3 Å². The fraction of sp³-hybridized carbons (Fsp3) is 0.357. The van der Waals surface area contributed by atoms with Crippen LogP contribution in [0.3, 0.4) is 0 Å². The monoisotopic (exact) mass is 326 g/mol. The molecule has 0 radical (unpaired) electrons. The number of amides is 1. The first kappa shape index (κ1) is 17.6. The summed E-state index contributed by atoms with van der Waals surface area (Å²) in [5, 5.41) is 15.2. The molecular weight excluding hydrogens is 308 g/mol. The van der Waals surface area contributed by atoms with Crippen LogP contribution in [0.5, 0.6) is 0 Å². The molecule has 0 aliphatic carbocycles. The quantitative estimate of drug-likeness (QED) is 0.886. The molecule has 0 fully saturated rings. The van der Waals surface area contributed by atoms with Crippen molar-refractivity contribution < 1.29 is 4.79 Å². The molecular formula is C14H19ClN4OS. The van der Waals surface area contributed by atoms with Gasteiger partial charge in [0, 0.05) is 18.5 Å². The Hall–Kier alpha value is -1.50. The molecule has 1 heterocycles. The first-order valence-electron chi connectivity index (χ1n) is 6.45. The number of anilines is 1. The zero-order chi connectivity index (χ0) is 14.5. The van der Waals surface area contributed by atoms with Gasteiger partial charge < -0.3 is 10.6 Å². The lowest BCUT2D eigenvalue weighted by atomic mass is 10.1. The fourth-order valence-corrected chi connectivity index (χ4v) is 2.66. The first-order chi connectivity index (χ1) is 9.58. The minimum absolute atomic E-state index is 0. The van der Waals surface area contributed by atoms with E-state index in [2.05, 4.69) is 52.9 Å². The van der Waals surface area contributed by atoms with Gasteiger partial charge in [-0.05, 0) is 33.0 Å². The van der Waals surface area contributed by atoms with Gasteiger partial charge in [0.2, 0.25) is 11.0 Å². The van der Waals surface area contributed by atoms with Crippen LogP contribution < -0.4 is 10.6 Å². The molecule has 7 heteroatoms. The summed E-state index contributed by atoms with van der Waals surface area (Å²) in [7, 11) is 1.82. The summed E-state index contributed by atoms with van der Waals surface area (Å²) in [5.74, 6) is -0.0533. The average molecular weight is 327 g/mol. The molecule has 1 aromatic carbocycles. The van der Waals surface area contributed by atoms with Crippen molar-refractivity contribution >= 4 is 34.8 Å². The molecule has 0 saturated carbocycles. The molecule has 2 aromatic rings. The molecule has 0 bridgehead atoms. The standard InChI is InChI=1S/C14H18N4OS.ClH/c1-9-6-10(2)8-11(7-9)13-17-18-14(20-13)16-12(19)4-5-15-3;/h6-8,15H,4-5H2,1-3H3,(H,16,18,19);1H. The van der Waals surface area contributed by atoms with Crippen molar-refractivity contribution in [2.45, 2.75) is 20.3 Å². The number of benzene rings is 1. The number of carbonyl (C=O) groups excluding carboxylic acids is 1. The molecule has 0 unspecified atom stereocenters. The Labute approximate surface area is 134 Å². The second kappa shape index (κ2) is 8.07. The van der Waals surface area contributed by atoms with Gasteiger partial charge in [-0.2, -0.15) is 0 Å². The fourth-order valence-electron chi connectivity index (χ4n) is 1.91. The summed E-state index contributed by atoms with van der Waals surface area (Å²) in [6.07, 6.45) is 0.426. The lowest BCUT2D eigenvalue weighted by Crippen LogP contribution is -2.18. The molecule has 1 amide bonds. The summed E-state index contributed by atoms with van der Waals surface area (Å²) >= 11 is 1.39. The number of aryl methyl sites for hydroxylation is 2. The van der Waals surface area contributed by atoms with E-state index in [0.29, 0.717) is 18.1 Å². The molecule has 5 nitrogen and oxygen atoms in total. The Morgan fingerprint density at radius 3 is 2.48 bits per heavy atom. The lowest BCUT2D eigenvalue weighted by molar-refractivity contribution is -0.116. The average Bonchev–Trinajstić information content (AvgIpc) is 2.83. The Morgan fingerprint density at radius 2 is 1.86 bits per heavy atom. The maximum atomic E-state index is 11.6. The number of nitrogens with one attached hydrogen (secondary N) is 2. The SMILES string of the molecule is CNCCC(=O)Nc1nnc(-c2cc(C)cc(C)c2)s1.Cl. The highest BCUT2D eigenvalue weighted by Crippen LogP contribution is 2.27. The smallest absolute Gasteiger partial charge is 0.227 e. The van der Waals surface area contributed by atoms with Crippen molar-refractivity contribution in [2.24, 2.45) is 0 Å². The van der Waals surface area contributed by atoms with Crippen LogP contribution in [0, 0.1) is 13.8 Å². The van der Waals surface area contributed by atoms with Gasteiger partial charge in [-0.3, -0.25) is 4.79 Å². The summed E-state index contributed by atoms with van der Waals surface area (Å²) in [6, 6.07) is 6.26. The highest BCUT2D eigenvalue weighted by Gasteiger charge is 2.10. The van der Waals surface area contributed by atoms with Gasteiger partial charge >= 0.3 is 0 Å². The number of hydrogen-bond acceptors (Lipinski definition) is 5. The number of carbonyl (C=O) groups is 1. The zero-order valence-corrected chi connectivity index (χ0v) is 13.9. The predicted molar refractivity (Wildman–Crippen MR) is 89.2 cm³/mol. The van der Waals surface area contributed by atoms with Crippen molar-refractivity contribution in [3.63, 3.8) is 0 Å². The minimum atomic E-state index is -0.0533. The Balaban J connectivity index is 0.00000220. The van der Waals surface area contributed by atoms with Crippen LogP contribution in [0.15, 0.2) is 18.2 Å². The third-order valence-corrected chi connectivity index (χ3v) is 3.63. The van der Waals surface area contributed by atoms with E-state index in [0.717, 1.165) is 10.6 Å². The van der Waals surface area contributed by atoms with Gasteiger partial charge in [0.25, 0.3) is 0 Å². The van der Waals surface area contributed by atoms with Gasteiger partial charge in [0.1, 0.15) is 5.01 Å². The van der Waals surface area contributed by atoms with E-state index < -0.39 is 0 Å². The molecule has 0 atom stereocenters. The minimum Gasteiger partial charge on any atom is -0.319 e. The molecule has 0 spiro atoms. The van der Waals surface area contributed by atoms with Gasteiger partial charge in [-0.25, -0.2) is 0 Å². The summed E-state index contributed by atoms with van der Waals surface area (Å²) in [6.45, 7) is 4.75. The van der Waals surface area contributed by atoms with Crippen LogP contribution in [0.4, 0.5) is 5.13 Å². The molecule has 2 N–H and O–H groups in total. The van der Waals surface area contributed by atoms with E-state index in [1.807, 2.05) is 7.05 Å². The molecule has 0 aliphatic heterocycles. The highest BCUT2D eigenvalue weighted by molar-refractivity contribution is 7.18. The summed E-state index contributed by atoms with van der Waals surface area (Å²) in [4.78, 5) is 11.6. The van der Waals surface area contributed by atoms with Crippen LogP contribution in [0.2, 0.25) is 0 Å². The largest absolute Gasteiger partial charge is 0.319 e. The predicted octanol–water partition coefficient (Wildman–Crippen LogP) is 2.79. The van der Waals surface area contributed by atoms with E-state index in [4.69, 9.17) is 0 Å². The van der Waals surface area contributed by atoms with Gasteiger partial charge in [-0.1, -0.05) is 28.5 Å². The second-order valence-corrected chi connectivity index (χ2v) is 5.67. The second-order valence-electron chi connectivity index (χ2n) is 4.69. The molecule has 114 valence electrons. The molecule has 0 aliphatic rings. The van der Waals surface area contributed by atoms with Crippen LogP contribution >= 0.6 is 23.7 Å². The number of nitrogens with zero attached hydrogens (tertiary/aromatic N) is 2. The van der Waals surface area contributed by atoms with Gasteiger partial charge in [0.05, 0.1) is 0 Å². The Morgan fingerprint density at radius 1 is 1.19 bits per heavy atom. The van der Waals surface area contributed by atoms with E-state index >= 15 is 0 Å². The summed E-state index contributed by atoms with van der Waals surface area (Å²) in [5.41, 5.74) is 3.42. The van der Waals surface area contributed by atoms with Crippen molar-refractivity contribution in [3.8, 4) is 10.6 Å². The van der Waals surface area contributed by atoms with Crippen LogP contribution in [-0.2, 0) is 4.79 Å². The highest BCUT2D eigenvalue weighted by atomic mass is 35.5.